The van der Waals surface area contributed by atoms with Gasteiger partial charge in [-0.05, 0) is 17.7 Å². The molecule has 0 radical (unpaired) electrons. The second kappa shape index (κ2) is 5.14. The predicted octanol–water partition coefficient (Wildman–Crippen LogP) is 2.53. The summed E-state index contributed by atoms with van der Waals surface area (Å²) in [4.78, 5) is 14.5. The summed E-state index contributed by atoms with van der Waals surface area (Å²) in [7, 11) is 0. The molecular weight excluding hydrogens is 278 g/mol. The number of fused-ring (bicyclic) bond motifs is 3. The predicted molar refractivity (Wildman–Crippen MR) is 81.7 cm³/mol. The van der Waals surface area contributed by atoms with Crippen LogP contribution in [0.3, 0.4) is 0 Å². The van der Waals surface area contributed by atoms with Crippen molar-refractivity contribution in [2.75, 3.05) is 13.1 Å². The van der Waals surface area contributed by atoms with E-state index >= 15 is 0 Å². The average molecular weight is 295 g/mol. The Kier molecular flexibility index (Phi) is 3.12. The van der Waals surface area contributed by atoms with Gasteiger partial charge in [0.25, 0.3) is 0 Å². The maximum absolute atomic E-state index is 12.2. The Morgan fingerprint density at radius 1 is 1.05 bits per heavy atom. The number of benzene rings is 2. The molecule has 112 valence electrons. The fraction of sp³-hybridized carbons (Fsp3) is 0.278. The van der Waals surface area contributed by atoms with Gasteiger partial charge in [0.05, 0.1) is 5.92 Å². The van der Waals surface area contributed by atoms with E-state index in [9.17, 15) is 9.90 Å². The van der Waals surface area contributed by atoms with E-state index < -0.39 is 0 Å². The number of likely N-dealkylation sites (tertiary alicyclic amines) is 1. The summed E-state index contributed by atoms with van der Waals surface area (Å²) in [5, 5.41) is 10.2. The van der Waals surface area contributed by atoms with Crippen molar-refractivity contribution in [2.24, 2.45) is 5.92 Å². The van der Waals surface area contributed by atoms with Gasteiger partial charge in [-0.3, -0.25) is 9.69 Å². The normalized spacial score (nSPS) is 23.7. The average Bonchev–Trinajstić information content (AvgIpc) is 2.92. The molecule has 1 N–H and O–H groups in total. The number of phenolic OH excluding ortho intramolecular Hbond substituents is 1. The zero-order chi connectivity index (χ0) is 15.1. The molecule has 2 atom stereocenters. The summed E-state index contributed by atoms with van der Waals surface area (Å²) < 4.78 is 5.40. The van der Waals surface area contributed by atoms with Gasteiger partial charge in [0.2, 0.25) is 0 Å². The molecule has 22 heavy (non-hydrogen) atoms. The molecule has 0 bridgehead atoms. The number of carbonyl (C=O) groups excluding carboxylic acids is 1. The number of hydrogen-bond acceptors (Lipinski definition) is 4. The molecule has 2 heterocycles. The smallest absolute Gasteiger partial charge is 0.316 e. The Labute approximate surface area is 128 Å². The number of aromatic hydroxyl groups is 1. The van der Waals surface area contributed by atoms with Crippen LogP contribution in [0.5, 0.6) is 11.5 Å². The summed E-state index contributed by atoms with van der Waals surface area (Å²) in [6, 6.07) is 15.3. The largest absolute Gasteiger partial charge is 0.508 e. The first-order valence-electron chi connectivity index (χ1n) is 7.52. The van der Waals surface area contributed by atoms with Crippen molar-refractivity contribution in [3.05, 3.63) is 59.7 Å². The molecule has 0 unspecified atom stereocenters. The van der Waals surface area contributed by atoms with Gasteiger partial charge in [0.15, 0.2) is 0 Å². The van der Waals surface area contributed by atoms with E-state index in [1.807, 2.05) is 18.2 Å². The minimum atomic E-state index is -0.190. The SMILES string of the molecule is O=C1Oc2cccc(O)c2[C@H]2CN(Cc3ccccc3)C[C@@H]12. The lowest BCUT2D eigenvalue weighted by molar-refractivity contribution is -0.140. The molecule has 1 saturated heterocycles. The zero-order valence-corrected chi connectivity index (χ0v) is 12.1. The highest BCUT2D eigenvalue weighted by molar-refractivity contribution is 5.81. The van der Waals surface area contributed by atoms with Crippen LogP contribution in [-0.2, 0) is 11.3 Å². The third kappa shape index (κ3) is 2.16. The molecule has 0 amide bonds. The molecule has 0 aliphatic carbocycles. The van der Waals surface area contributed by atoms with E-state index in [1.54, 1.807) is 18.2 Å². The maximum Gasteiger partial charge on any atom is 0.316 e. The third-order valence-electron chi connectivity index (χ3n) is 4.57. The fourth-order valence-corrected chi connectivity index (χ4v) is 3.57. The standard InChI is InChI=1S/C18H17NO3/c20-15-7-4-8-16-17(15)13-10-19(11-14(13)18(21)22-16)9-12-5-2-1-3-6-12/h1-8,13-14,20H,9-11H2/t13-,14+/m0/s1. The minimum absolute atomic E-state index is 0.0150. The van der Waals surface area contributed by atoms with Crippen LogP contribution in [0.25, 0.3) is 0 Å². The van der Waals surface area contributed by atoms with Crippen LogP contribution in [0.2, 0.25) is 0 Å². The van der Waals surface area contributed by atoms with Crippen molar-refractivity contribution >= 4 is 5.97 Å². The highest BCUT2D eigenvalue weighted by atomic mass is 16.5. The third-order valence-corrected chi connectivity index (χ3v) is 4.57. The number of nitrogens with zero attached hydrogens (tertiary/aromatic N) is 1. The quantitative estimate of drug-likeness (QED) is 0.683. The van der Waals surface area contributed by atoms with E-state index in [2.05, 4.69) is 17.0 Å². The first kappa shape index (κ1) is 13.3. The zero-order valence-electron chi connectivity index (χ0n) is 12.1. The lowest BCUT2D eigenvalue weighted by Crippen LogP contribution is -2.31. The van der Waals surface area contributed by atoms with Crippen LogP contribution in [0, 0.1) is 5.92 Å². The Balaban J connectivity index is 1.62. The monoisotopic (exact) mass is 295 g/mol. The van der Waals surface area contributed by atoms with E-state index in [0.29, 0.717) is 12.3 Å². The van der Waals surface area contributed by atoms with Crippen LogP contribution in [-0.4, -0.2) is 29.1 Å². The summed E-state index contributed by atoms with van der Waals surface area (Å²) in [5.41, 5.74) is 2.01. The van der Waals surface area contributed by atoms with E-state index in [-0.39, 0.29) is 23.6 Å². The van der Waals surface area contributed by atoms with Crippen LogP contribution in [0.15, 0.2) is 48.5 Å². The minimum Gasteiger partial charge on any atom is -0.508 e. The van der Waals surface area contributed by atoms with E-state index in [0.717, 1.165) is 18.7 Å². The first-order valence-corrected chi connectivity index (χ1v) is 7.52. The van der Waals surface area contributed by atoms with Crippen molar-refractivity contribution < 1.29 is 14.6 Å². The summed E-state index contributed by atoms with van der Waals surface area (Å²) in [5.74, 6) is 0.374. The Morgan fingerprint density at radius 3 is 2.64 bits per heavy atom. The number of esters is 1. The Bertz CT molecular complexity index is 714. The molecule has 4 heteroatoms. The topological polar surface area (TPSA) is 49.8 Å². The second-order valence-corrected chi connectivity index (χ2v) is 6.00. The van der Waals surface area contributed by atoms with E-state index in [4.69, 9.17) is 4.74 Å². The summed E-state index contributed by atoms with van der Waals surface area (Å²) in [6.45, 7) is 2.25. The van der Waals surface area contributed by atoms with Gasteiger partial charge >= 0.3 is 5.97 Å². The molecular formula is C18H17NO3. The van der Waals surface area contributed by atoms with Crippen molar-refractivity contribution in [3.63, 3.8) is 0 Å². The molecule has 2 aliphatic heterocycles. The van der Waals surface area contributed by atoms with Gasteiger partial charge in [0, 0.05) is 31.1 Å². The highest BCUT2D eigenvalue weighted by Gasteiger charge is 2.45. The Morgan fingerprint density at radius 2 is 1.82 bits per heavy atom. The van der Waals surface area contributed by atoms with Crippen molar-refractivity contribution in [2.45, 2.75) is 12.5 Å². The molecule has 0 aromatic heterocycles. The van der Waals surface area contributed by atoms with E-state index in [1.165, 1.54) is 5.56 Å². The molecule has 1 fully saturated rings. The lowest BCUT2D eigenvalue weighted by Gasteiger charge is -2.26. The van der Waals surface area contributed by atoms with Gasteiger partial charge in [-0.25, -0.2) is 0 Å². The number of hydrogen-bond donors (Lipinski definition) is 1. The number of carbonyl (C=O) groups is 1. The summed E-state index contributed by atoms with van der Waals surface area (Å²) >= 11 is 0. The van der Waals surface area contributed by atoms with Crippen molar-refractivity contribution in [1.29, 1.82) is 0 Å². The molecule has 4 nitrogen and oxygen atoms in total. The molecule has 0 saturated carbocycles. The van der Waals surface area contributed by atoms with Gasteiger partial charge in [-0.2, -0.15) is 0 Å². The van der Waals surface area contributed by atoms with Crippen LogP contribution >= 0.6 is 0 Å². The van der Waals surface area contributed by atoms with Gasteiger partial charge in [-0.1, -0.05) is 36.4 Å². The van der Waals surface area contributed by atoms with Crippen LogP contribution in [0.4, 0.5) is 0 Å². The molecule has 4 rings (SSSR count). The summed E-state index contributed by atoms with van der Waals surface area (Å²) in [6.07, 6.45) is 0. The van der Waals surface area contributed by atoms with Crippen LogP contribution < -0.4 is 4.74 Å². The van der Waals surface area contributed by atoms with Gasteiger partial charge in [-0.15, -0.1) is 0 Å². The highest BCUT2D eigenvalue weighted by Crippen LogP contribution is 2.46. The fourth-order valence-electron chi connectivity index (χ4n) is 3.57. The molecule has 0 spiro atoms. The van der Waals surface area contributed by atoms with Crippen LogP contribution in [0.1, 0.15) is 17.0 Å². The maximum atomic E-state index is 12.2. The van der Waals surface area contributed by atoms with Crippen molar-refractivity contribution in [1.82, 2.24) is 4.90 Å². The Hall–Kier alpha value is -2.33. The number of ether oxygens (including phenoxy) is 1. The second-order valence-electron chi connectivity index (χ2n) is 6.00. The van der Waals surface area contributed by atoms with Gasteiger partial charge in [0.1, 0.15) is 11.5 Å². The molecule has 2 aromatic carbocycles. The lowest BCUT2D eigenvalue weighted by atomic mass is 9.86. The van der Waals surface area contributed by atoms with Crippen molar-refractivity contribution in [3.8, 4) is 11.5 Å². The molecule has 2 aliphatic rings. The number of rotatable bonds is 2. The van der Waals surface area contributed by atoms with Gasteiger partial charge < -0.3 is 9.84 Å². The number of phenols is 1. The first-order chi connectivity index (χ1) is 10.7. The molecule has 2 aromatic rings.